The van der Waals surface area contributed by atoms with E-state index in [1.54, 1.807) is 24.5 Å². The van der Waals surface area contributed by atoms with E-state index in [-0.39, 0.29) is 5.75 Å². The van der Waals surface area contributed by atoms with E-state index in [1.165, 1.54) is 11.3 Å². The summed E-state index contributed by atoms with van der Waals surface area (Å²) in [5.41, 5.74) is 1.81. The average molecular weight is 271 g/mol. The average Bonchev–Trinajstić information content (AvgIpc) is 3.02. The molecule has 0 amide bonds. The van der Waals surface area contributed by atoms with Gasteiger partial charge >= 0.3 is 0 Å². The Balaban J connectivity index is 2.09. The number of hydrogen-bond acceptors (Lipinski definition) is 5. The second-order valence-electron chi connectivity index (χ2n) is 4.29. The van der Waals surface area contributed by atoms with E-state index >= 15 is 0 Å². The molecule has 3 heterocycles. The van der Waals surface area contributed by atoms with Gasteiger partial charge in [0.2, 0.25) is 5.89 Å². The number of phenolic OH excluding ortho intramolecular Hbond substituents is 1. The molecule has 1 N–H and O–H groups in total. The molecule has 4 rings (SSSR count). The highest BCUT2D eigenvalue weighted by Crippen LogP contribution is 2.32. The fraction of sp³-hybridized carbons (Fsp3) is 0.0769. The van der Waals surface area contributed by atoms with E-state index in [1.807, 2.05) is 17.4 Å². The zero-order valence-corrected chi connectivity index (χ0v) is 10.8. The first-order valence-corrected chi connectivity index (χ1v) is 6.56. The molecule has 5 nitrogen and oxygen atoms in total. The first-order valence-electron chi connectivity index (χ1n) is 5.74. The summed E-state index contributed by atoms with van der Waals surface area (Å²) in [6.45, 7) is 1.86. The Kier molecular flexibility index (Phi) is 1.99. The van der Waals surface area contributed by atoms with Gasteiger partial charge < -0.3 is 9.52 Å². The first kappa shape index (κ1) is 10.6. The van der Waals surface area contributed by atoms with Crippen molar-refractivity contribution < 1.29 is 9.52 Å². The molecule has 94 valence electrons. The standard InChI is InChI=1S/C13H9N3O2S/c1-7-5-14-12(18-7)10-6-15-13-16(10)9-3-2-8(17)4-11(9)19-13/h2-6,17H,1H3. The number of imidazole rings is 1. The predicted molar refractivity (Wildman–Crippen MR) is 72.5 cm³/mol. The number of nitrogens with zero attached hydrogens (tertiary/aromatic N) is 3. The number of fused-ring (bicyclic) bond motifs is 3. The molecule has 0 aliphatic rings. The molecule has 0 fully saturated rings. The van der Waals surface area contributed by atoms with E-state index in [0.717, 1.165) is 26.6 Å². The topological polar surface area (TPSA) is 63.6 Å². The van der Waals surface area contributed by atoms with E-state index in [0.29, 0.717) is 5.89 Å². The third-order valence-electron chi connectivity index (χ3n) is 2.96. The van der Waals surface area contributed by atoms with E-state index in [9.17, 15) is 5.11 Å². The summed E-state index contributed by atoms with van der Waals surface area (Å²) in [5.74, 6) is 1.57. The third-order valence-corrected chi connectivity index (χ3v) is 3.97. The lowest BCUT2D eigenvalue weighted by Gasteiger charge is -1.96. The summed E-state index contributed by atoms with van der Waals surface area (Å²) < 4.78 is 8.53. The zero-order chi connectivity index (χ0) is 13.0. The number of aromatic nitrogens is 3. The molecule has 19 heavy (non-hydrogen) atoms. The number of benzene rings is 1. The smallest absolute Gasteiger partial charge is 0.245 e. The highest BCUT2D eigenvalue weighted by atomic mass is 32.1. The molecule has 4 aromatic rings. The molecule has 3 aromatic heterocycles. The Hall–Kier alpha value is -2.34. The summed E-state index contributed by atoms with van der Waals surface area (Å²) in [5, 5.41) is 9.53. The number of rotatable bonds is 1. The maximum Gasteiger partial charge on any atom is 0.245 e. The molecule has 0 bridgehead atoms. The van der Waals surface area contributed by atoms with Crippen LogP contribution >= 0.6 is 11.3 Å². The van der Waals surface area contributed by atoms with Crippen LogP contribution in [0.5, 0.6) is 5.75 Å². The quantitative estimate of drug-likeness (QED) is 0.577. The van der Waals surface area contributed by atoms with Crippen molar-refractivity contribution in [3.05, 3.63) is 36.4 Å². The van der Waals surface area contributed by atoms with Gasteiger partial charge in [0.1, 0.15) is 17.2 Å². The second-order valence-corrected chi connectivity index (χ2v) is 5.30. The normalized spacial score (nSPS) is 11.6. The van der Waals surface area contributed by atoms with Gasteiger partial charge in [0.05, 0.1) is 22.6 Å². The summed E-state index contributed by atoms with van der Waals surface area (Å²) in [4.78, 5) is 9.46. The highest BCUT2D eigenvalue weighted by Gasteiger charge is 2.15. The summed E-state index contributed by atoms with van der Waals surface area (Å²) in [6.07, 6.45) is 3.44. The van der Waals surface area contributed by atoms with Crippen LogP contribution in [0.15, 0.2) is 35.0 Å². The first-order chi connectivity index (χ1) is 9.22. The van der Waals surface area contributed by atoms with Crippen LogP contribution < -0.4 is 0 Å². The summed E-state index contributed by atoms with van der Waals surface area (Å²) in [6, 6.07) is 5.27. The molecule has 0 saturated carbocycles. The fourth-order valence-electron chi connectivity index (χ4n) is 2.13. The van der Waals surface area contributed by atoms with Crippen LogP contribution in [0, 0.1) is 6.92 Å². The zero-order valence-electron chi connectivity index (χ0n) is 9.99. The van der Waals surface area contributed by atoms with Crippen LogP contribution in [0.1, 0.15) is 5.76 Å². The Morgan fingerprint density at radius 2 is 2.16 bits per heavy atom. The molecule has 0 unspecified atom stereocenters. The molecule has 6 heteroatoms. The van der Waals surface area contributed by atoms with Gasteiger partial charge in [-0.1, -0.05) is 11.3 Å². The van der Waals surface area contributed by atoms with Gasteiger partial charge in [0, 0.05) is 0 Å². The van der Waals surface area contributed by atoms with Crippen molar-refractivity contribution in [2.75, 3.05) is 0 Å². The Labute approximate surface area is 111 Å². The minimum absolute atomic E-state index is 0.255. The van der Waals surface area contributed by atoms with Gasteiger partial charge in [-0.15, -0.1) is 0 Å². The van der Waals surface area contributed by atoms with Crippen molar-refractivity contribution in [3.63, 3.8) is 0 Å². The maximum atomic E-state index is 9.53. The van der Waals surface area contributed by atoms with Crippen molar-refractivity contribution in [3.8, 4) is 17.3 Å². The molecule has 0 saturated heterocycles. The Bertz CT molecular complexity index is 903. The van der Waals surface area contributed by atoms with E-state index < -0.39 is 0 Å². The molecular weight excluding hydrogens is 262 g/mol. The highest BCUT2D eigenvalue weighted by molar-refractivity contribution is 7.23. The van der Waals surface area contributed by atoms with Crippen LogP contribution in [-0.2, 0) is 0 Å². The number of aromatic hydroxyl groups is 1. The molecule has 0 aliphatic heterocycles. The predicted octanol–water partition coefficient (Wildman–Crippen LogP) is 3.22. The maximum absolute atomic E-state index is 9.53. The van der Waals surface area contributed by atoms with Gasteiger partial charge in [-0.2, -0.15) is 0 Å². The van der Waals surface area contributed by atoms with Crippen LogP contribution in [0.3, 0.4) is 0 Å². The molecule has 0 aliphatic carbocycles. The Morgan fingerprint density at radius 3 is 2.95 bits per heavy atom. The lowest BCUT2D eigenvalue weighted by atomic mass is 10.3. The Morgan fingerprint density at radius 1 is 1.26 bits per heavy atom. The van der Waals surface area contributed by atoms with Crippen LogP contribution in [0.2, 0.25) is 0 Å². The van der Waals surface area contributed by atoms with Gasteiger partial charge in [-0.3, -0.25) is 4.40 Å². The fourth-order valence-corrected chi connectivity index (χ4v) is 3.16. The van der Waals surface area contributed by atoms with Gasteiger partial charge in [0.25, 0.3) is 0 Å². The largest absolute Gasteiger partial charge is 0.508 e. The van der Waals surface area contributed by atoms with Crippen molar-refractivity contribution in [2.45, 2.75) is 6.92 Å². The molecule has 0 spiro atoms. The van der Waals surface area contributed by atoms with E-state index in [2.05, 4.69) is 9.97 Å². The number of thiazole rings is 1. The molecule has 0 radical (unpaired) electrons. The summed E-state index contributed by atoms with van der Waals surface area (Å²) in [7, 11) is 0. The van der Waals surface area contributed by atoms with Crippen molar-refractivity contribution in [1.82, 2.24) is 14.4 Å². The van der Waals surface area contributed by atoms with Crippen molar-refractivity contribution in [1.29, 1.82) is 0 Å². The van der Waals surface area contributed by atoms with Crippen LogP contribution in [0.25, 0.3) is 26.8 Å². The van der Waals surface area contributed by atoms with Crippen molar-refractivity contribution in [2.24, 2.45) is 0 Å². The van der Waals surface area contributed by atoms with Crippen LogP contribution in [0.4, 0.5) is 0 Å². The van der Waals surface area contributed by atoms with Crippen LogP contribution in [-0.4, -0.2) is 19.5 Å². The summed E-state index contributed by atoms with van der Waals surface area (Å²) >= 11 is 1.52. The number of aryl methyl sites for hydroxylation is 1. The van der Waals surface area contributed by atoms with E-state index in [4.69, 9.17) is 4.42 Å². The third kappa shape index (κ3) is 1.47. The monoisotopic (exact) mass is 271 g/mol. The lowest BCUT2D eigenvalue weighted by Crippen LogP contribution is -1.85. The SMILES string of the molecule is Cc1cnc(-c2cnc3sc4cc(O)ccc4n23)o1. The number of hydrogen-bond donors (Lipinski definition) is 1. The number of oxazole rings is 1. The molecular formula is C13H9N3O2S. The number of phenols is 1. The van der Waals surface area contributed by atoms with Crippen molar-refractivity contribution >= 4 is 26.5 Å². The lowest BCUT2D eigenvalue weighted by molar-refractivity contribution is 0.476. The second kappa shape index (κ2) is 3.58. The minimum Gasteiger partial charge on any atom is -0.508 e. The van der Waals surface area contributed by atoms with Gasteiger partial charge in [0.15, 0.2) is 4.96 Å². The van der Waals surface area contributed by atoms with Gasteiger partial charge in [-0.25, -0.2) is 9.97 Å². The molecule has 0 atom stereocenters. The molecule has 1 aromatic carbocycles. The minimum atomic E-state index is 0.255. The van der Waals surface area contributed by atoms with Gasteiger partial charge in [-0.05, 0) is 25.1 Å².